The van der Waals surface area contributed by atoms with Gasteiger partial charge in [-0.15, -0.1) is 0 Å². The van der Waals surface area contributed by atoms with Gasteiger partial charge in [-0.05, 0) is 31.1 Å². The smallest absolute Gasteiger partial charge is 0.138 e. The molecule has 2 rings (SSSR count). The van der Waals surface area contributed by atoms with Gasteiger partial charge in [-0.2, -0.15) is 0 Å². The third-order valence-electron chi connectivity index (χ3n) is 3.85. The van der Waals surface area contributed by atoms with Crippen molar-refractivity contribution in [1.82, 2.24) is 0 Å². The molecule has 80 valence electrons. The second kappa shape index (κ2) is 4.01. The lowest BCUT2D eigenvalue weighted by Crippen LogP contribution is -2.37. The molecule has 2 fully saturated rings. The fraction of sp³-hybridized carbons (Fsp3) is 0.917. The highest BCUT2D eigenvalue weighted by Crippen LogP contribution is 2.33. The predicted molar refractivity (Wildman–Crippen MR) is 55.1 cm³/mol. The highest BCUT2D eigenvalue weighted by molar-refractivity contribution is 5.85. The summed E-state index contributed by atoms with van der Waals surface area (Å²) in [6, 6.07) is 0. The van der Waals surface area contributed by atoms with Crippen LogP contribution in [-0.2, 0) is 9.53 Å². The Bertz CT molecular complexity index is 216. The average molecular weight is 196 g/mol. The SMILES string of the molecule is CC1CCC(OC2CC(=O)C2)CC1C. The summed E-state index contributed by atoms with van der Waals surface area (Å²) < 4.78 is 5.90. The minimum absolute atomic E-state index is 0.258. The maximum Gasteiger partial charge on any atom is 0.138 e. The van der Waals surface area contributed by atoms with Crippen LogP contribution in [0.1, 0.15) is 46.0 Å². The van der Waals surface area contributed by atoms with E-state index in [9.17, 15) is 4.79 Å². The van der Waals surface area contributed by atoms with E-state index in [4.69, 9.17) is 4.74 Å². The molecule has 0 aromatic heterocycles. The molecule has 0 spiro atoms. The zero-order chi connectivity index (χ0) is 10.1. The molecule has 0 aromatic carbocycles. The van der Waals surface area contributed by atoms with Crippen LogP contribution in [0.4, 0.5) is 0 Å². The molecule has 0 radical (unpaired) electrons. The van der Waals surface area contributed by atoms with Crippen molar-refractivity contribution >= 4 is 5.78 Å². The summed E-state index contributed by atoms with van der Waals surface area (Å²) in [6.45, 7) is 4.64. The maximum atomic E-state index is 10.8. The molecule has 2 aliphatic rings. The van der Waals surface area contributed by atoms with Gasteiger partial charge in [-0.1, -0.05) is 13.8 Å². The number of ether oxygens (including phenoxy) is 1. The lowest BCUT2D eigenvalue weighted by atomic mass is 9.80. The molecule has 0 N–H and O–H groups in total. The molecule has 2 aliphatic carbocycles. The molecule has 0 amide bonds. The molecule has 3 unspecified atom stereocenters. The van der Waals surface area contributed by atoms with E-state index in [2.05, 4.69) is 13.8 Å². The number of rotatable bonds is 2. The molecule has 14 heavy (non-hydrogen) atoms. The Hall–Kier alpha value is -0.370. The van der Waals surface area contributed by atoms with Crippen molar-refractivity contribution in [1.29, 1.82) is 0 Å². The van der Waals surface area contributed by atoms with Gasteiger partial charge in [0.25, 0.3) is 0 Å². The molecular formula is C12H20O2. The first kappa shape index (κ1) is 10.2. The molecule has 3 atom stereocenters. The van der Waals surface area contributed by atoms with Crippen molar-refractivity contribution in [3.63, 3.8) is 0 Å². The Kier molecular flexibility index (Phi) is 2.91. The average Bonchev–Trinajstić information content (AvgIpc) is 2.09. The van der Waals surface area contributed by atoms with E-state index in [0.717, 1.165) is 11.8 Å². The topological polar surface area (TPSA) is 26.3 Å². The van der Waals surface area contributed by atoms with Crippen molar-refractivity contribution in [2.24, 2.45) is 11.8 Å². The Morgan fingerprint density at radius 2 is 1.79 bits per heavy atom. The first-order valence-electron chi connectivity index (χ1n) is 5.82. The van der Waals surface area contributed by atoms with Crippen LogP contribution < -0.4 is 0 Å². The minimum Gasteiger partial charge on any atom is -0.374 e. The monoisotopic (exact) mass is 196 g/mol. The highest BCUT2D eigenvalue weighted by atomic mass is 16.5. The summed E-state index contributed by atoms with van der Waals surface area (Å²) in [4.78, 5) is 10.8. The molecule has 2 saturated carbocycles. The quantitative estimate of drug-likeness (QED) is 0.678. The molecule has 2 nitrogen and oxygen atoms in total. The van der Waals surface area contributed by atoms with Crippen molar-refractivity contribution in [3.05, 3.63) is 0 Å². The highest BCUT2D eigenvalue weighted by Gasteiger charge is 2.32. The largest absolute Gasteiger partial charge is 0.374 e. The summed E-state index contributed by atoms with van der Waals surface area (Å²) in [5.74, 6) is 2.00. The third kappa shape index (κ3) is 2.17. The van der Waals surface area contributed by atoms with E-state index in [1.807, 2.05) is 0 Å². The molecule has 0 bridgehead atoms. The lowest BCUT2D eigenvalue weighted by molar-refractivity contribution is -0.141. The van der Waals surface area contributed by atoms with Crippen LogP contribution in [0, 0.1) is 11.8 Å². The van der Waals surface area contributed by atoms with Crippen LogP contribution in [0.5, 0.6) is 0 Å². The summed E-state index contributed by atoms with van der Waals surface area (Å²) >= 11 is 0. The molecular weight excluding hydrogens is 176 g/mol. The Balaban J connectivity index is 1.74. The number of hydrogen-bond donors (Lipinski definition) is 0. The zero-order valence-electron chi connectivity index (χ0n) is 9.16. The molecule has 0 aromatic rings. The zero-order valence-corrected chi connectivity index (χ0v) is 9.16. The fourth-order valence-corrected chi connectivity index (χ4v) is 2.44. The summed E-state index contributed by atoms with van der Waals surface area (Å²) in [5, 5.41) is 0. The Morgan fingerprint density at radius 1 is 1.07 bits per heavy atom. The van der Waals surface area contributed by atoms with E-state index in [1.54, 1.807) is 0 Å². The van der Waals surface area contributed by atoms with Crippen LogP contribution in [-0.4, -0.2) is 18.0 Å². The molecule has 0 aliphatic heterocycles. The van der Waals surface area contributed by atoms with Crippen LogP contribution in [0.25, 0.3) is 0 Å². The van der Waals surface area contributed by atoms with Crippen LogP contribution in [0.3, 0.4) is 0 Å². The molecule has 2 heteroatoms. The minimum atomic E-state index is 0.258. The van der Waals surface area contributed by atoms with Crippen LogP contribution in [0.2, 0.25) is 0 Å². The van der Waals surface area contributed by atoms with Gasteiger partial charge < -0.3 is 4.74 Å². The third-order valence-corrected chi connectivity index (χ3v) is 3.85. The summed E-state index contributed by atoms with van der Waals surface area (Å²) in [5.41, 5.74) is 0. The normalized spacial score (nSPS) is 39.6. The van der Waals surface area contributed by atoms with Crippen molar-refractivity contribution < 1.29 is 9.53 Å². The van der Waals surface area contributed by atoms with Gasteiger partial charge >= 0.3 is 0 Å². The number of hydrogen-bond acceptors (Lipinski definition) is 2. The van der Waals surface area contributed by atoms with Crippen LogP contribution >= 0.6 is 0 Å². The predicted octanol–water partition coefficient (Wildman–Crippen LogP) is 2.56. The van der Waals surface area contributed by atoms with Gasteiger partial charge in [0.2, 0.25) is 0 Å². The van der Waals surface area contributed by atoms with E-state index >= 15 is 0 Å². The Labute approximate surface area is 86.0 Å². The maximum absolute atomic E-state index is 10.8. The first-order valence-corrected chi connectivity index (χ1v) is 5.82. The summed E-state index contributed by atoms with van der Waals surface area (Å²) in [6.07, 6.45) is 5.68. The number of carbonyl (C=O) groups excluding carboxylic acids is 1. The van der Waals surface area contributed by atoms with Crippen molar-refractivity contribution in [3.8, 4) is 0 Å². The Morgan fingerprint density at radius 3 is 2.36 bits per heavy atom. The van der Waals surface area contributed by atoms with Gasteiger partial charge in [-0.3, -0.25) is 4.79 Å². The number of carbonyl (C=O) groups is 1. The first-order chi connectivity index (χ1) is 6.65. The van der Waals surface area contributed by atoms with E-state index < -0.39 is 0 Å². The van der Waals surface area contributed by atoms with Crippen molar-refractivity contribution in [2.45, 2.75) is 58.2 Å². The van der Waals surface area contributed by atoms with E-state index in [0.29, 0.717) is 24.7 Å². The molecule has 0 saturated heterocycles. The van der Waals surface area contributed by atoms with Gasteiger partial charge in [0.15, 0.2) is 0 Å². The van der Waals surface area contributed by atoms with Gasteiger partial charge in [0.1, 0.15) is 5.78 Å². The van der Waals surface area contributed by atoms with Crippen molar-refractivity contribution in [2.75, 3.05) is 0 Å². The number of Topliss-reactive ketones (excluding diaryl/α,β-unsaturated/α-hetero) is 1. The van der Waals surface area contributed by atoms with Gasteiger partial charge in [0.05, 0.1) is 12.2 Å². The fourth-order valence-electron chi connectivity index (χ4n) is 2.44. The van der Waals surface area contributed by atoms with E-state index in [-0.39, 0.29) is 6.10 Å². The lowest BCUT2D eigenvalue weighted by Gasteiger charge is -2.36. The standard InChI is InChI=1S/C12H20O2/c1-8-3-4-11(5-9(8)2)14-12-6-10(13)7-12/h8-9,11-12H,3-7H2,1-2H3. The summed E-state index contributed by atoms with van der Waals surface area (Å²) in [7, 11) is 0. The molecule has 0 heterocycles. The van der Waals surface area contributed by atoms with Gasteiger partial charge in [-0.25, -0.2) is 0 Å². The second-order valence-corrected chi connectivity index (χ2v) is 5.09. The number of ketones is 1. The van der Waals surface area contributed by atoms with Crippen LogP contribution in [0.15, 0.2) is 0 Å². The van der Waals surface area contributed by atoms with E-state index in [1.165, 1.54) is 19.3 Å². The van der Waals surface area contributed by atoms with Gasteiger partial charge in [0, 0.05) is 12.8 Å². The second-order valence-electron chi connectivity index (χ2n) is 5.09.